The fourth-order valence-electron chi connectivity index (χ4n) is 2.81. The minimum Gasteiger partial charge on any atom is -0.486 e. The van der Waals surface area contributed by atoms with E-state index in [9.17, 15) is 4.79 Å². The van der Waals surface area contributed by atoms with Gasteiger partial charge < -0.3 is 9.47 Å². The Hall–Kier alpha value is -1.22. The number of Topliss-reactive ketones (excluding diaryl/α,β-unsaturated/α-hetero) is 1. The van der Waals surface area contributed by atoms with Crippen LogP contribution in [0.15, 0.2) is 6.07 Å². The summed E-state index contributed by atoms with van der Waals surface area (Å²) in [5, 5.41) is 0.616. The Morgan fingerprint density at radius 3 is 2.79 bits per heavy atom. The first kappa shape index (κ1) is 12.8. The summed E-state index contributed by atoms with van der Waals surface area (Å²) in [4.78, 5) is 12.6. The molecule has 102 valence electrons. The summed E-state index contributed by atoms with van der Waals surface area (Å²) in [6.07, 6.45) is 2.28. The van der Waals surface area contributed by atoms with Gasteiger partial charge in [-0.05, 0) is 23.8 Å². The van der Waals surface area contributed by atoms with Gasteiger partial charge in [0.15, 0.2) is 17.3 Å². The van der Waals surface area contributed by atoms with Gasteiger partial charge in [-0.15, -0.1) is 0 Å². The van der Waals surface area contributed by atoms with Crippen LogP contribution in [-0.2, 0) is 6.42 Å². The van der Waals surface area contributed by atoms with E-state index in [1.54, 1.807) is 6.07 Å². The molecule has 1 aromatic rings. The Morgan fingerprint density at radius 2 is 2.00 bits per heavy atom. The monoisotopic (exact) mass is 280 g/mol. The quantitative estimate of drug-likeness (QED) is 0.681. The number of hydrogen-bond donors (Lipinski definition) is 0. The number of fused-ring (bicyclic) bond motifs is 3. The van der Waals surface area contributed by atoms with Crippen LogP contribution in [0.5, 0.6) is 11.5 Å². The Bertz CT molecular complexity index is 549. The number of benzene rings is 1. The molecular formula is C15H17ClO3. The molecule has 0 amide bonds. The van der Waals surface area contributed by atoms with Crippen LogP contribution >= 0.6 is 11.6 Å². The smallest absolute Gasteiger partial charge is 0.172 e. The molecule has 4 heteroatoms. The lowest BCUT2D eigenvalue weighted by atomic mass is 9.84. The first-order valence-corrected chi connectivity index (χ1v) is 7.00. The summed E-state index contributed by atoms with van der Waals surface area (Å²) in [6, 6.07) is 1.78. The number of ether oxygens (including phenoxy) is 2. The molecule has 0 spiro atoms. The molecule has 0 unspecified atom stereocenters. The molecule has 0 radical (unpaired) electrons. The van der Waals surface area contributed by atoms with Crippen LogP contribution in [0.4, 0.5) is 0 Å². The molecule has 0 saturated heterocycles. The van der Waals surface area contributed by atoms with Gasteiger partial charge in [0.05, 0.1) is 5.56 Å². The molecule has 1 heterocycles. The van der Waals surface area contributed by atoms with Gasteiger partial charge in [0.1, 0.15) is 13.2 Å². The highest BCUT2D eigenvalue weighted by molar-refractivity contribution is 6.32. The van der Waals surface area contributed by atoms with Crippen molar-refractivity contribution in [2.75, 3.05) is 13.2 Å². The fraction of sp³-hybridized carbons (Fsp3) is 0.533. The van der Waals surface area contributed by atoms with Crippen molar-refractivity contribution in [2.45, 2.75) is 33.1 Å². The molecule has 1 aromatic carbocycles. The number of ketones is 1. The van der Waals surface area contributed by atoms with E-state index in [0.29, 0.717) is 41.7 Å². The number of rotatable bonds is 0. The van der Waals surface area contributed by atoms with Crippen molar-refractivity contribution >= 4 is 17.4 Å². The zero-order valence-electron chi connectivity index (χ0n) is 11.2. The van der Waals surface area contributed by atoms with E-state index in [-0.39, 0.29) is 11.2 Å². The van der Waals surface area contributed by atoms with Crippen molar-refractivity contribution in [2.24, 2.45) is 5.41 Å². The summed E-state index contributed by atoms with van der Waals surface area (Å²) >= 11 is 6.32. The van der Waals surface area contributed by atoms with Gasteiger partial charge in [0.2, 0.25) is 0 Å². The van der Waals surface area contributed by atoms with E-state index < -0.39 is 0 Å². The third-order valence-electron chi connectivity index (χ3n) is 3.86. The van der Waals surface area contributed by atoms with E-state index in [0.717, 1.165) is 18.4 Å². The van der Waals surface area contributed by atoms with Gasteiger partial charge in [0, 0.05) is 17.5 Å². The molecule has 3 nitrogen and oxygen atoms in total. The minimum absolute atomic E-state index is 0.00182. The maximum atomic E-state index is 12.6. The maximum Gasteiger partial charge on any atom is 0.172 e. The van der Waals surface area contributed by atoms with Crippen molar-refractivity contribution in [3.8, 4) is 11.5 Å². The predicted molar refractivity (Wildman–Crippen MR) is 73.5 cm³/mol. The Morgan fingerprint density at radius 1 is 1.26 bits per heavy atom. The van der Waals surface area contributed by atoms with E-state index in [2.05, 4.69) is 13.8 Å². The summed E-state index contributed by atoms with van der Waals surface area (Å²) in [7, 11) is 0. The largest absolute Gasteiger partial charge is 0.486 e. The zero-order valence-corrected chi connectivity index (χ0v) is 12.0. The molecule has 0 aromatic heterocycles. The lowest BCUT2D eigenvalue weighted by Crippen LogP contribution is -2.19. The van der Waals surface area contributed by atoms with E-state index in [1.807, 2.05) is 0 Å². The van der Waals surface area contributed by atoms with Crippen LogP contribution in [0, 0.1) is 5.41 Å². The van der Waals surface area contributed by atoms with Gasteiger partial charge in [-0.25, -0.2) is 0 Å². The van der Waals surface area contributed by atoms with Gasteiger partial charge in [-0.1, -0.05) is 25.4 Å². The van der Waals surface area contributed by atoms with Crippen molar-refractivity contribution in [3.63, 3.8) is 0 Å². The Labute approximate surface area is 117 Å². The molecule has 19 heavy (non-hydrogen) atoms. The summed E-state index contributed by atoms with van der Waals surface area (Å²) in [5.74, 6) is 1.30. The molecule has 0 N–H and O–H groups in total. The molecule has 0 bridgehead atoms. The molecule has 3 rings (SSSR count). The topological polar surface area (TPSA) is 35.5 Å². The highest BCUT2D eigenvalue weighted by Gasteiger charge is 2.33. The fourth-order valence-corrected chi connectivity index (χ4v) is 3.10. The highest BCUT2D eigenvalue weighted by atomic mass is 35.5. The third kappa shape index (κ3) is 2.20. The molecule has 0 saturated carbocycles. The number of carbonyl (C=O) groups is 1. The van der Waals surface area contributed by atoms with Crippen LogP contribution in [0.2, 0.25) is 5.02 Å². The Balaban J connectivity index is 2.18. The maximum absolute atomic E-state index is 12.6. The normalized spacial score (nSPS) is 20.7. The van der Waals surface area contributed by atoms with Crippen molar-refractivity contribution < 1.29 is 14.3 Å². The second kappa shape index (κ2) is 4.41. The average molecular weight is 281 g/mol. The lowest BCUT2D eigenvalue weighted by molar-refractivity contribution is 0.0924. The van der Waals surface area contributed by atoms with Crippen LogP contribution in [0.3, 0.4) is 0 Å². The van der Waals surface area contributed by atoms with E-state index in [1.165, 1.54) is 0 Å². The summed E-state index contributed by atoms with van der Waals surface area (Å²) < 4.78 is 11.2. The van der Waals surface area contributed by atoms with Gasteiger partial charge >= 0.3 is 0 Å². The number of halogens is 1. The number of carbonyl (C=O) groups excluding carboxylic acids is 1. The second-order valence-electron chi connectivity index (χ2n) is 6.00. The van der Waals surface area contributed by atoms with Crippen LogP contribution in [0.25, 0.3) is 0 Å². The molecule has 0 fully saturated rings. The summed E-state index contributed by atoms with van der Waals surface area (Å²) in [5.41, 5.74) is 1.57. The van der Waals surface area contributed by atoms with Crippen molar-refractivity contribution in [1.82, 2.24) is 0 Å². The zero-order chi connectivity index (χ0) is 13.6. The van der Waals surface area contributed by atoms with Crippen molar-refractivity contribution in [1.29, 1.82) is 0 Å². The first-order valence-electron chi connectivity index (χ1n) is 6.62. The van der Waals surface area contributed by atoms with Gasteiger partial charge in [0.25, 0.3) is 0 Å². The molecule has 2 aliphatic rings. The minimum atomic E-state index is 0.00182. The lowest BCUT2D eigenvalue weighted by Gasteiger charge is -2.23. The standard InChI is InChI=1S/C15H17ClO3/c1-15(2)4-3-9-10(16)7-12-14(19-6-5-18-12)13(9)11(17)8-15/h7H,3-6,8H2,1-2H3. The number of hydrogen-bond acceptors (Lipinski definition) is 3. The van der Waals surface area contributed by atoms with Crippen LogP contribution in [0.1, 0.15) is 42.6 Å². The average Bonchev–Trinajstić information content (AvgIpc) is 2.46. The van der Waals surface area contributed by atoms with E-state index in [4.69, 9.17) is 21.1 Å². The van der Waals surface area contributed by atoms with E-state index >= 15 is 0 Å². The van der Waals surface area contributed by atoms with Crippen LogP contribution in [-0.4, -0.2) is 19.0 Å². The van der Waals surface area contributed by atoms with Crippen LogP contribution < -0.4 is 9.47 Å². The predicted octanol–water partition coefficient (Wildman–Crippen LogP) is 3.66. The third-order valence-corrected chi connectivity index (χ3v) is 4.19. The molecule has 1 aliphatic carbocycles. The summed E-state index contributed by atoms with van der Waals surface area (Å²) in [6.45, 7) is 5.22. The molecular weight excluding hydrogens is 264 g/mol. The van der Waals surface area contributed by atoms with Gasteiger partial charge in [-0.3, -0.25) is 4.79 Å². The second-order valence-corrected chi connectivity index (χ2v) is 6.41. The first-order chi connectivity index (χ1) is 8.98. The van der Waals surface area contributed by atoms with Crippen molar-refractivity contribution in [3.05, 3.63) is 22.2 Å². The SMILES string of the molecule is CC1(C)CCc2c(Cl)cc3c(c2C(=O)C1)OCCO3. The van der Waals surface area contributed by atoms with Gasteiger partial charge in [-0.2, -0.15) is 0 Å². The molecule has 1 aliphatic heterocycles. The Kier molecular flexibility index (Phi) is 2.97. The highest BCUT2D eigenvalue weighted by Crippen LogP contribution is 2.45. The molecule has 0 atom stereocenters.